The van der Waals surface area contributed by atoms with Crippen LogP contribution in [-0.2, 0) is 9.53 Å². The van der Waals surface area contributed by atoms with Gasteiger partial charge in [0.15, 0.2) is 0 Å². The second kappa shape index (κ2) is 7.04. The molecule has 0 unspecified atom stereocenters. The molecule has 1 aliphatic heterocycles. The van der Waals surface area contributed by atoms with Crippen molar-refractivity contribution >= 4 is 18.3 Å². The molecular formula is C9H19ClN2O2. The maximum atomic E-state index is 11.1. The molecule has 0 radical (unpaired) electrons. The summed E-state index contributed by atoms with van der Waals surface area (Å²) < 4.78 is 5.23. The van der Waals surface area contributed by atoms with Gasteiger partial charge in [-0.2, -0.15) is 0 Å². The topological polar surface area (TPSA) is 64.4 Å². The summed E-state index contributed by atoms with van der Waals surface area (Å²) in [7, 11) is 1.62. The van der Waals surface area contributed by atoms with Crippen molar-refractivity contribution in [2.24, 2.45) is 11.7 Å². The molecule has 3 N–H and O–H groups in total. The van der Waals surface area contributed by atoms with E-state index in [4.69, 9.17) is 10.5 Å². The number of ether oxygens (including phenoxy) is 1. The lowest BCUT2D eigenvalue weighted by molar-refractivity contribution is -0.122. The highest BCUT2D eigenvalue weighted by Crippen LogP contribution is 2.19. The largest absolute Gasteiger partial charge is 0.381 e. The maximum Gasteiger partial charge on any atom is 0.236 e. The van der Waals surface area contributed by atoms with Crippen molar-refractivity contribution in [1.82, 2.24) is 5.32 Å². The van der Waals surface area contributed by atoms with E-state index in [-0.39, 0.29) is 24.4 Å². The van der Waals surface area contributed by atoms with Gasteiger partial charge in [-0.15, -0.1) is 12.4 Å². The highest BCUT2D eigenvalue weighted by molar-refractivity contribution is 5.85. The second-order valence-electron chi connectivity index (χ2n) is 3.51. The molecule has 1 amide bonds. The van der Waals surface area contributed by atoms with Crippen LogP contribution in [0.4, 0.5) is 0 Å². The highest BCUT2D eigenvalue weighted by atomic mass is 35.5. The number of carbonyl (C=O) groups excluding carboxylic acids is 1. The van der Waals surface area contributed by atoms with Crippen LogP contribution in [0.15, 0.2) is 0 Å². The van der Waals surface area contributed by atoms with E-state index in [1.54, 1.807) is 7.05 Å². The molecule has 1 rings (SSSR count). The number of hydrogen-bond donors (Lipinski definition) is 2. The Labute approximate surface area is 91.0 Å². The van der Waals surface area contributed by atoms with Gasteiger partial charge >= 0.3 is 0 Å². The minimum atomic E-state index is -0.354. The number of rotatable bonds is 3. The zero-order chi connectivity index (χ0) is 9.68. The molecule has 84 valence electrons. The Kier molecular flexibility index (Phi) is 6.87. The van der Waals surface area contributed by atoms with E-state index in [1.807, 2.05) is 0 Å². The molecule has 1 aliphatic rings. The first-order valence-corrected chi connectivity index (χ1v) is 4.79. The lowest BCUT2D eigenvalue weighted by Gasteiger charge is -2.23. The van der Waals surface area contributed by atoms with Gasteiger partial charge in [-0.05, 0) is 25.2 Å². The SMILES string of the molecule is CNC(=O)[C@@H](N)CC1CCOCC1.Cl. The molecule has 1 fully saturated rings. The quantitative estimate of drug-likeness (QED) is 0.722. The zero-order valence-electron chi connectivity index (χ0n) is 8.49. The average molecular weight is 223 g/mol. The van der Waals surface area contributed by atoms with Crippen LogP contribution in [0.25, 0.3) is 0 Å². The fourth-order valence-corrected chi connectivity index (χ4v) is 1.63. The first-order chi connectivity index (χ1) is 6.24. The standard InChI is InChI=1S/C9H18N2O2.ClH/c1-11-9(12)8(10)6-7-2-4-13-5-3-7;/h7-8H,2-6,10H2,1H3,(H,11,12);1H/t8-;/m0./s1. The van der Waals surface area contributed by atoms with Crippen LogP contribution in [0.2, 0.25) is 0 Å². The Bertz CT molecular complexity index is 172. The summed E-state index contributed by atoms with van der Waals surface area (Å²) in [5.41, 5.74) is 5.71. The molecular weight excluding hydrogens is 204 g/mol. The molecule has 4 nitrogen and oxygen atoms in total. The van der Waals surface area contributed by atoms with Crippen molar-refractivity contribution < 1.29 is 9.53 Å². The number of amides is 1. The first-order valence-electron chi connectivity index (χ1n) is 4.79. The zero-order valence-corrected chi connectivity index (χ0v) is 9.31. The number of hydrogen-bond acceptors (Lipinski definition) is 3. The molecule has 1 saturated heterocycles. The molecule has 14 heavy (non-hydrogen) atoms. The van der Waals surface area contributed by atoms with Gasteiger partial charge in [-0.3, -0.25) is 4.79 Å². The summed E-state index contributed by atoms with van der Waals surface area (Å²) in [6.45, 7) is 1.62. The van der Waals surface area contributed by atoms with Gasteiger partial charge in [0.2, 0.25) is 5.91 Å². The number of halogens is 1. The fourth-order valence-electron chi connectivity index (χ4n) is 1.63. The summed E-state index contributed by atoms with van der Waals surface area (Å²) in [5, 5.41) is 2.56. The number of carbonyl (C=O) groups is 1. The van der Waals surface area contributed by atoms with Crippen molar-refractivity contribution in [3.63, 3.8) is 0 Å². The molecule has 5 heteroatoms. The van der Waals surface area contributed by atoms with Crippen molar-refractivity contribution in [1.29, 1.82) is 0 Å². The van der Waals surface area contributed by atoms with E-state index in [2.05, 4.69) is 5.32 Å². The van der Waals surface area contributed by atoms with Crippen molar-refractivity contribution in [3.8, 4) is 0 Å². The van der Waals surface area contributed by atoms with Crippen molar-refractivity contribution in [3.05, 3.63) is 0 Å². The number of nitrogens with two attached hydrogens (primary N) is 1. The molecule has 1 heterocycles. The van der Waals surface area contributed by atoms with E-state index >= 15 is 0 Å². The van der Waals surface area contributed by atoms with E-state index in [9.17, 15) is 4.79 Å². The van der Waals surface area contributed by atoms with E-state index in [0.717, 1.165) is 32.5 Å². The minimum Gasteiger partial charge on any atom is -0.381 e. The minimum absolute atomic E-state index is 0. The van der Waals surface area contributed by atoms with Crippen molar-refractivity contribution in [2.45, 2.75) is 25.3 Å². The summed E-state index contributed by atoms with van der Waals surface area (Å²) in [4.78, 5) is 11.1. The molecule has 0 saturated carbocycles. The van der Waals surface area contributed by atoms with E-state index in [0.29, 0.717) is 5.92 Å². The van der Waals surface area contributed by atoms with Crippen LogP contribution in [0.1, 0.15) is 19.3 Å². The molecule has 0 aromatic rings. The highest BCUT2D eigenvalue weighted by Gasteiger charge is 2.20. The van der Waals surface area contributed by atoms with Gasteiger partial charge < -0.3 is 15.8 Å². The number of nitrogens with one attached hydrogen (secondary N) is 1. The summed E-state index contributed by atoms with van der Waals surface area (Å²) in [6, 6.07) is -0.354. The van der Waals surface area contributed by atoms with Crippen LogP contribution in [0, 0.1) is 5.92 Å². The van der Waals surface area contributed by atoms with Crippen molar-refractivity contribution in [2.75, 3.05) is 20.3 Å². The fraction of sp³-hybridized carbons (Fsp3) is 0.889. The Hall–Kier alpha value is -0.320. The molecule has 0 spiro atoms. The normalized spacial score (nSPS) is 19.6. The molecule has 0 aromatic heterocycles. The molecule has 0 aromatic carbocycles. The summed E-state index contributed by atoms with van der Waals surface area (Å²) in [6.07, 6.45) is 2.85. The lowest BCUT2D eigenvalue weighted by atomic mass is 9.92. The Morgan fingerprint density at radius 1 is 1.57 bits per heavy atom. The Morgan fingerprint density at radius 3 is 2.64 bits per heavy atom. The first kappa shape index (κ1) is 13.7. The molecule has 0 bridgehead atoms. The Balaban J connectivity index is 0.00000169. The maximum absolute atomic E-state index is 11.1. The predicted octanol–water partition coefficient (Wildman–Crippen LogP) is 0.298. The smallest absolute Gasteiger partial charge is 0.236 e. The predicted molar refractivity (Wildman–Crippen MR) is 57.5 cm³/mol. The van der Waals surface area contributed by atoms with Crippen LogP contribution in [0.3, 0.4) is 0 Å². The van der Waals surface area contributed by atoms with Gasteiger partial charge in [-0.1, -0.05) is 0 Å². The monoisotopic (exact) mass is 222 g/mol. The van der Waals surface area contributed by atoms with Crippen LogP contribution in [-0.4, -0.2) is 32.2 Å². The summed E-state index contributed by atoms with van der Waals surface area (Å²) >= 11 is 0. The summed E-state index contributed by atoms with van der Waals surface area (Å²) in [5.74, 6) is 0.493. The van der Waals surface area contributed by atoms with Crippen LogP contribution >= 0.6 is 12.4 Å². The number of likely N-dealkylation sites (N-methyl/N-ethyl adjacent to an activating group) is 1. The van der Waals surface area contributed by atoms with Crippen LogP contribution < -0.4 is 11.1 Å². The van der Waals surface area contributed by atoms with Crippen LogP contribution in [0.5, 0.6) is 0 Å². The molecule has 0 aliphatic carbocycles. The second-order valence-corrected chi connectivity index (χ2v) is 3.51. The third-order valence-corrected chi connectivity index (χ3v) is 2.51. The lowest BCUT2D eigenvalue weighted by Crippen LogP contribution is -2.40. The van der Waals surface area contributed by atoms with Gasteiger partial charge in [0.1, 0.15) is 0 Å². The van der Waals surface area contributed by atoms with Gasteiger partial charge in [0.25, 0.3) is 0 Å². The van der Waals surface area contributed by atoms with Gasteiger partial charge in [-0.25, -0.2) is 0 Å². The van der Waals surface area contributed by atoms with E-state index < -0.39 is 0 Å². The third kappa shape index (κ3) is 4.26. The third-order valence-electron chi connectivity index (χ3n) is 2.51. The van der Waals surface area contributed by atoms with Gasteiger partial charge in [0, 0.05) is 20.3 Å². The Morgan fingerprint density at radius 2 is 2.14 bits per heavy atom. The van der Waals surface area contributed by atoms with E-state index in [1.165, 1.54) is 0 Å². The average Bonchev–Trinajstić information content (AvgIpc) is 2.18. The van der Waals surface area contributed by atoms with Gasteiger partial charge in [0.05, 0.1) is 6.04 Å². The molecule has 1 atom stereocenters.